The number of likely N-dealkylation sites (tertiary alicyclic amines) is 1. The summed E-state index contributed by atoms with van der Waals surface area (Å²) in [7, 11) is 0. The molecule has 0 bridgehead atoms. The third-order valence-corrected chi connectivity index (χ3v) is 5.51. The highest BCUT2D eigenvalue weighted by atomic mass is 16.5. The van der Waals surface area contributed by atoms with E-state index in [0.29, 0.717) is 25.1 Å². The van der Waals surface area contributed by atoms with E-state index in [1.54, 1.807) is 0 Å². The predicted octanol–water partition coefficient (Wildman–Crippen LogP) is 2.56. The standard InChI is InChI=1S/C22H36N4O2/c1-4-23-22(26-11-9-19(17-26)25-12-15-27-16-13-25)24-10-14-28-21-8-6-5-7-20(21)18(2)3/h5-8,18-19H,4,9-17H2,1-3H3,(H,23,24). The van der Waals surface area contributed by atoms with Crippen molar-refractivity contribution in [3.05, 3.63) is 29.8 Å². The number of rotatable bonds is 7. The van der Waals surface area contributed by atoms with Gasteiger partial charge >= 0.3 is 0 Å². The lowest BCUT2D eigenvalue weighted by molar-refractivity contribution is 0.0195. The van der Waals surface area contributed by atoms with E-state index in [0.717, 1.165) is 57.6 Å². The van der Waals surface area contributed by atoms with Crippen LogP contribution in [0.5, 0.6) is 5.75 Å². The van der Waals surface area contributed by atoms with E-state index < -0.39 is 0 Å². The SMILES string of the molecule is CCNC(=NCCOc1ccccc1C(C)C)N1CCC(N2CCOCC2)C1. The van der Waals surface area contributed by atoms with Crippen LogP contribution in [0.4, 0.5) is 0 Å². The average molecular weight is 389 g/mol. The van der Waals surface area contributed by atoms with Gasteiger partial charge in [0.2, 0.25) is 0 Å². The van der Waals surface area contributed by atoms with Crippen molar-refractivity contribution in [3.63, 3.8) is 0 Å². The van der Waals surface area contributed by atoms with Gasteiger partial charge in [0, 0.05) is 38.8 Å². The normalized spacial score (nSPS) is 21.4. The highest BCUT2D eigenvalue weighted by Crippen LogP contribution is 2.25. The van der Waals surface area contributed by atoms with E-state index in [2.05, 4.69) is 54.1 Å². The first-order chi connectivity index (χ1) is 13.7. The van der Waals surface area contributed by atoms with Crippen molar-refractivity contribution >= 4 is 5.96 Å². The molecule has 0 spiro atoms. The minimum absolute atomic E-state index is 0.457. The van der Waals surface area contributed by atoms with E-state index in [9.17, 15) is 0 Å². The summed E-state index contributed by atoms with van der Waals surface area (Å²) < 4.78 is 11.5. The molecule has 0 radical (unpaired) electrons. The highest BCUT2D eigenvalue weighted by Gasteiger charge is 2.30. The van der Waals surface area contributed by atoms with Gasteiger partial charge < -0.3 is 19.7 Å². The molecule has 1 N–H and O–H groups in total. The maximum atomic E-state index is 6.03. The van der Waals surface area contributed by atoms with Gasteiger partial charge in [-0.05, 0) is 30.9 Å². The zero-order chi connectivity index (χ0) is 19.8. The fourth-order valence-electron chi connectivity index (χ4n) is 4.00. The Hall–Kier alpha value is -1.79. The van der Waals surface area contributed by atoms with Crippen molar-refractivity contribution < 1.29 is 9.47 Å². The molecule has 0 amide bonds. The van der Waals surface area contributed by atoms with E-state index >= 15 is 0 Å². The van der Waals surface area contributed by atoms with E-state index in [1.807, 2.05) is 6.07 Å². The number of hydrogen-bond donors (Lipinski definition) is 1. The summed E-state index contributed by atoms with van der Waals surface area (Å²) in [5, 5.41) is 3.45. The molecule has 3 rings (SSSR count). The van der Waals surface area contributed by atoms with Gasteiger partial charge in [-0.1, -0.05) is 32.0 Å². The summed E-state index contributed by atoms with van der Waals surface area (Å²) >= 11 is 0. The van der Waals surface area contributed by atoms with Crippen LogP contribution in [-0.2, 0) is 4.74 Å². The zero-order valence-electron chi connectivity index (χ0n) is 17.7. The van der Waals surface area contributed by atoms with Crippen LogP contribution in [0.3, 0.4) is 0 Å². The van der Waals surface area contributed by atoms with Gasteiger partial charge in [-0.25, -0.2) is 4.99 Å². The summed E-state index contributed by atoms with van der Waals surface area (Å²) in [6, 6.07) is 8.91. The Morgan fingerprint density at radius 1 is 1.25 bits per heavy atom. The fourth-order valence-corrected chi connectivity index (χ4v) is 4.00. The lowest BCUT2D eigenvalue weighted by Crippen LogP contribution is -2.46. The maximum Gasteiger partial charge on any atom is 0.194 e. The van der Waals surface area contributed by atoms with Crippen molar-refractivity contribution in [2.24, 2.45) is 4.99 Å². The first kappa shape index (κ1) is 20.9. The van der Waals surface area contributed by atoms with Crippen molar-refractivity contribution in [3.8, 4) is 5.75 Å². The fraction of sp³-hybridized carbons (Fsp3) is 0.682. The summed E-state index contributed by atoms with van der Waals surface area (Å²) in [4.78, 5) is 9.79. The Bertz CT molecular complexity index is 629. The largest absolute Gasteiger partial charge is 0.491 e. The molecule has 6 nitrogen and oxygen atoms in total. The number of hydrogen-bond acceptors (Lipinski definition) is 4. The molecular weight excluding hydrogens is 352 g/mol. The molecule has 2 saturated heterocycles. The topological polar surface area (TPSA) is 49.3 Å². The van der Waals surface area contributed by atoms with E-state index in [4.69, 9.17) is 14.5 Å². The summed E-state index contributed by atoms with van der Waals surface area (Å²) in [5.41, 5.74) is 1.26. The van der Waals surface area contributed by atoms with Gasteiger partial charge in [0.1, 0.15) is 12.4 Å². The Labute approximate surface area is 169 Å². The summed E-state index contributed by atoms with van der Waals surface area (Å²) in [5.74, 6) is 2.45. The molecule has 2 heterocycles. The molecular formula is C22H36N4O2. The van der Waals surface area contributed by atoms with Crippen LogP contribution < -0.4 is 10.1 Å². The van der Waals surface area contributed by atoms with Crippen LogP contribution in [0, 0.1) is 0 Å². The molecule has 0 aliphatic carbocycles. The Morgan fingerprint density at radius 3 is 2.79 bits per heavy atom. The van der Waals surface area contributed by atoms with Crippen molar-refractivity contribution in [2.75, 3.05) is 59.1 Å². The third kappa shape index (κ3) is 5.61. The molecule has 1 unspecified atom stereocenters. The molecule has 0 aromatic heterocycles. The first-order valence-corrected chi connectivity index (χ1v) is 10.8. The highest BCUT2D eigenvalue weighted by molar-refractivity contribution is 5.80. The summed E-state index contributed by atoms with van der Waals surface area (Å²) in [6.07, 6.45) is 1.20. The van der Waals surface area contributed by atoms with E-state index in [-0.39, 0.29) is 0 Å². The number of ether oxygens (including phenoxy) is 2. The van der Waals surface area contributed by atoms with Crippen LogP contribution in [0.2, 0.25) is 0 Å². The lowest BCUT2D eigenvalue weighted by Gasteiger charge is -2.32. The van der Waals surface area contributed by atoms with Crippen LogP contribution in [-0.4, -0.2) is 80.9 Å². The molecule has 0 saturated carbocycles. The molecule has 2 fully saturated rings. The predicted molar refractivity (Wildman–Crippen MR) is 114 cm³/mol. The van der Waals surface area contributed by atoms with Crippen molar-refractivity contribution in [1.29, 1.82) is 0 Å². The van der Waals surface area contributed by atoms with Crippen molar-refractivity contribution in [2.45, 2.75) is 39.2 Å². The Balaban J connectivity index is 1.52. The van der Waals surface area contributed by atoms with Crippen LogP contribution in [0.15, 0.2) is 29.3 Å². The number of para-hydroxylation sites is 1. The molecule has 1 aromatic rings. The molecule has 1 atom stereocenters. The number of aliphatic imine (C=N–C) groups is 1. The third-order valence-electron chi connectivity index (χ3n) is 5.51. The molecule has 6 heteroatoms. The quantitative estimate of drug-likeness (QED) is 0.442. The summed E-state index contributed by atoms with van der Waals surface area (Å²) in [6.45, 7) is 14.6. The van der Waals surface area contributed by atoms with Gasteiger partial charge in [-0.15, -0.1) is 0 Å². The van der Waals surface area contributed by atoms with Crippen LogP contribution in [0.25, 0.3) is 0 Å². The average Bonchev–Trinajstić information content (AvgIpc) is 3.21. The van der Waals surface area contributed by atoms with Crippen LogP contribution in [0.1, 0.15) is 38.7 Å². The maximum absolute atomic E-state index is 6.03. The Kier molecular flexibility index (Phi) is 7.98. The second kappa shape index (κ2) is 10.7. The number of nitrogens with one attached hydrogen (secondary N) is 1. The van der Waals surface area contributed by atoms with Gasteiger partial charge in [0.05, 0.1) is 19.8 Å². The van der Waals surface area contributed by atoms with E-state index in [1.165, 1.54) is 12.0 Å². The second-order valence-corrected chi connectivity index (χ2v) is 7.81. The first-order valence-electron chi connectivity index (χ1n) is 10.8. The number of nitrogens with zero attached hydrogens (tertiary/aromatic N) is 3. The molecule has 156 valence electrons. The van der Waals surface area contributed by atoms with Gasteiger partial charge in [0.15, 0.2) is 5.96 Å². The smallest absolute Gasteiger partial charge is 0.194 e. The van der Waals surface area contributed by atoms with Gasteiger partial charge in [-0.2, -0.15) is 0 Å². The van der Waals surface area contributed by atoms with Crippen LogP contribution >= 0.6 is 0 Å². The Morgan fingerprint density at radius 2 is 2.04 bits per heavy atom. The number of guanidine groups is 1. The molecule has 1 aromatic carbocycles. The molecule has 28 heavy (non-hydrogen) atoms. The van der Waals surface area contributed by atoms with Crippen molar-refractivity contribution in [1.82, 2.24) is 15.1 Å². The second-order valence-electron chi connectivity index (χ2n) is 7.81. The molecule has 2 aliphatic heterocycles. The van der Waals surface area contributed by atoms with Gasteiger partial charge in [-0.3, -0.25) is 4.90 Å². The molecule has 2 aliphatic rings. The monoisotopic (exact) mass is 388 g/mol. The zero-order valence-corrected chi connectivity index (χ0v) is 17.7. The minimum Gasteiger partial charge on any atom is -0.491 e. The number of benzene rings is 1. The van der Waals surface area contributed by atoms with Gasteiger partial charge in [0.25, 0.3) is 0 Å². The number of morpholine rings is 1. The lowest BCUT2D eigenvalue weighted by atomic mass is 10.0. The minimum atomic E-state index is 0.457.